The summed E-state index contributed by atoms with van der Waals surface area (Å²) in [5.74, 6) is -1.75. The summed E-state index contributed by atoms with van der Waals surface area (Å²) < 4.78 is 0. The van der Waals surface area contributed by atoms with Crippen LogP contribution in [0.25, 0.3) is 0 Å². The Bertz CT molecular complexity index is 860. The van der Waals surface area contributed by atoms with Gasteiger partial charge >= 0.3 is 6.03 Å². The van der Waals surface area contributed by atoms with E-state index >= 15 is 0 Å². The van der Waals surface area contributed by atoms with E-state index in [1.54, 1.807) is 31.2 Å². The number of rotatable bonds is 5. The van der Waals surface area contributed by atoms with E-state index in [1.807, 2.05) is 30.3 Å². The smallest absolute Gasteiger partial charge is 0.321 e. The van der Waals surface area contributed by atoms with Gasteiger partial charge in [-0.3, -0.25) is 24.6 Å². The predicted octanol–water partition coefficient (Wildman–Crippen LogP) is 2.09. The molecule has 0 spiro atoms. The van der Waals surface area contributed by atoms with Gasteiger partial charge in [0.25, 0.3) is 17.7 Å². The molecular weight excluding hydrogens is 346 g/mol. The van der Waals surface area contributed by atoms with Crippen molar-refractivity contribution in [3.8, 4) is 0 Å². The first kappa shape index (κ1) is 18.3. The van der Waals surface area contributed by atoms with Crippen molar-refractivity contribution in [1.82, 2.24) is 15.5 Å². The lowest BCUT2D eigenvalue weighted by molar-refractivity contribution is -0.124. The Morgan fingerprint density at radius 2 is 1.48 bits per heavy atom. The first-order valence-corrected chi connectivity index (χ1v) is 8.62. The van der Waals surface area contributed by atoms with Crippen molar-refractivity contribution in [3.05, 3.63) is 71.3 Å². The summed E-state index contributed by atoms with van der Waals surface area (Å²) in [7, 11) is 0. The Morgan fingerprint density at radius 3 is 2.04 bits per heavy atom. The normalized spacial score (nSPS) is 13.9. The molecule has 5 amide bonds. The maximum atomic E-state index is 12.5. The molecule has 1 aliphatic heterocycles. The number of fused-ring (bicyclic) bond motifs is 1. The van der Waals surface area contributed by atoms with Crippen LogP contribution in [-0.2, 0) is 11.3 Å². The molecule has 7 heteroatoms. The summed E-state index contributed by atoms with van der Waals surface area (Å²) in [6.07, 6.45) is 0.198. The second kappa shape index (κ2) is 7.82. The zero-order chi connectivity index (χ0) is 19.4. The SMILES string of the molecule is CC[C@H](C(=O)NC(=O)NCc1ccccc1)N1C(=O)c2ccccc2C1=O. The molecule has 7 nitrogen and oxygen atoms in total. The van der Waals surface area contributed by atoms with Gasteiger partial charge < -0.3 is 5.32 Å². The third-order valence-corrected chi connectivity index (χ3v) is 4.36. The third kappa shape index (κ3) is 3.72. The molecule has 0 radical (unpaired) electrons. The van der Waals surface area contributed by atoms with Crippen LogP contribution in [0.4, 0.5) is 4.79 Å². The summed E-state index contributed by atoms with van der Waals surface area (Å²) in [4.78, 5) is 50.5. The summed E-state index contributed by atoms with van der Waals surface area (Å²) in [5.41, 5.74) is 1.41. The topological polar surface area (TPSA) is 95.6 Å². The number of amides is 5. The maximum absolute atomic E-state index is 12.5. The number of carbonyl (C=O) groups excluding carboxylic acids is 4. The number of nitrogens with zero attached hydrogens (tertiary/aromatic N) is 1. The minimum Gasteiger partial charge on any atom is -0.334 e. The van der Waals surface area contributed by atoms with Gasteiger partial charge in [-0.2, -0.15) is 0 Å². The highest BCUT2D eigenvalue weighted by Crippen LogP contribution is 2.25. The van der Waals surface area contributed by atoms with Crippen LogP contribution in [0.5, 0.6) is 0 Å². The van der Waals surface area contributed by atoms with E-state index in [0.717, 1.165) is 10.5 Å². The van der Waals surface area contributed by atoms with Crippen molar-refractivity contribution >= 4 is 23.8 Å². The van der Waals surface area contributed by atoms with E-state index in [-0.39, 0.29) is 24.1 Å². The lowest BCUT2D eigenvalue weighted by Gasteiger charge is -2.23. The average Bonchev–Trinajstić information content (AvgIpc) is 2.93. The summed E-state index contributed by atoms with van der Waals surface area (Å²) >= 11 is 0. The number of carbonyl (C=O) groups is 4. The Balaban J connectivity index is 1.65. The second-order valence-corrected chi connectivity index (χ2v) is 6.11. The van der Waals surface area contributed by atoms with Gasteiger partial charge in [-0.15, -0.1) is 0 Å². The first-order valence-electron chi connectivity index (χ1n) is 8.62. The molecule has 138 valence electrons. The standard InChI is InChI=1S/C20H19N3O4/c1-2-16(23-18(25)14-10-6-7-11-15(14)19(23)26)17(24)22-20(27)21-12-13-8-4-3-5-9-13/h3-11,16H,2,12H2,1H3,(H2,21,22,24,27)/t16-/m1/s1. The first-order chi connectivity index (χ1) is 13.0. The van der Waals surface area contributed by atoms with Gasteiger partial charge in [0.15, 0.2) is 0 Å². The zero-order valence-electron chi connectivity index (χ0n) is 14.8. The van der Waals surface area contributed by atoms with Gasteiger partial charge in [-0.1, -0.05) is 49.4 Å². The lowest BCUT2D eigenvalue weighted by atomic mass is 10.1. The quantitative estimate of drug-likeness (QED) is 0.793. The second-order valence-electron chi connectivity index (χ2n) is 6.11. The summed E-state index contributed by atoms with van der Waals surface area (Å²) in [5, 5.41) is 4.79. The molecule has 1 heterocycles. The molecular formula is C20H19N3O4. The molecule has 27 heavy (non-hydrogen) atoms. The van der Waals surface area contributed by atoms with Crippen LogP contribution in [0.3, 0.4) is 0 Å². The number of imide groups is 2. The maximum Gasteiger partial charge on any atom is 0.321 e. The number of benzene rings is 2. The number of hydrogen-bond acceptors (Lipinski definition) is 4. The van der Waals surface area contributed by atoms with Crippen LogP contribution in [0, 0.1) is 0 Å². The monoisotopic (exact) mass is 365 g/mol. The Labute approximate surface area is 156 Å². The highest BCUT2D eigenvalue weighted by molar-refractivity contribution is 6.23. The van der Waals surface area contributed by atoms with Crippen molar-refractivity contribution in [2.45, 2.75) is 25.9 Å². The fraction of sp³-hybridized carbons (Fsp3) is 0.200. The van der Waals surface area contributed by atoms with Gasteiger partial charge in [0.05, 0.1) is 11.1 Å². The molecule has 0 saturated carbocycles. The Kier molecular flexibility index (Phi) is 5.30. The average molecular weight is 365 g/mol. The molecule has 1 aliphatic rings. The van der Waals surface area contributed by atoms with Crippen LogP contribution in [0.2, 0.25) is 0 Å². The van der Waals surface area contributed by atoms with Crippen molar-refractivity contribution in [1.29, 1.82) is 0 Å². The van der Waals surface area contributed by atoms with Gasteiger partial charge in [-0.25, -0.2) is 4.79 Å². The molecule has 2 aromatic rings. The van der Waals surface area contributed by atoms with Gasteiger partial charge in [0.1, 0.15) is 6.04 Å². The largest absolute Gasteiger partial charge is 0.334 e. The van der Waals surface area contributed by atoms with Crippen LogP contribution < -0.4 is 10.6 Å². The van der Waals surface area contributed by atoms with E-state index in [9.17, 15) is 19.2 Å². The molecule has 2 aromatic carbocycles. The highest BCUT2D eigenvalue weighted by atomic mass is 16.2. The molecule has 3 rings (SSSR count). The summed E-state index contributed by atoms with van der Waals surface area (Å²) in [6, 6.07) is 13.9. The van der Waals surface area contributed by atoms with Crippen LogP contribution in [0.15, 0.2) is 54.6 Å². The summed E-state index contributed by atoms with van der Waals surface area (Å²) in [6.45, 7) is 1.93. The molecule has 2 N–H and O–H groups in total. The predicted molar refractivity (Wildman–Crippen MR) is 97.8 cm³/mol. The van der Waals surface area contributed by atoms with Crippen molar-refractivity contribution in [3.63, 3.8) is 0 Å². The van der Waals surface area contributed by atoms with Crippen LogP contribution in [-0.4, -0.2) is 34.7 Å². The van der Waals surface area contributed by atoms with Crippen molar-refractivity contribution in [2.75, 3.05) is 0 Å². The fourth-order valence-corrected chi connectivity index (χ4v) is 2.99. The van der Waals surface area contributed by atoms with E-state index in [2.05, 4.69) is 10.6 Å². The third-order valence-electron chi connectivity index (χ3n) is 4.36. The number of hydrogen-bond donors (Lipinski definition) is 2. The lowest BCUT2D eigenvalue weighted by Crippen LogP contribution is -2.52. The molecule has 0 aromatic heterocycles. The van der Waals surface area contributed by atoms with E-state index in [0.29, 0.717) is 0 Å². The highest BCUT2D eigenvalue weighted by Gasteiger charge is 2.42. The van der Waals surface area contributed by atoms with E-state index in [4.69, 9.17) is 0 Å². The molecule has 0 unspecified atom stereocenters. The molecule has 0 fully saturated rings. The molecule has 1 atom stereocenters. The Morgan fingerprint density at radius 1 is 0.926 bits per heavy atom. The minimum atomic E-state index is -1.06. The van der Waals surface area contributed by atoms with Gasteiger partial charge in [0, 0.05) is 6.54 Å². The molecule has 0 bridgehead atoms. The van der Waals surface area contributed by atoms with Crippen LogP contribution in [0.1, 0.15) is 39.6 Å². The van der Waals surface area contributed by atoms with Crippen molar-refractivity contribution < 1.29 is 19.2 Å². The molecule has 0 saturated heterocycles. The zero-order valence-corrected chi connectivity index (χ0v) is 14.8. The number of urea groups is 1. The minimum absolute atomic E-state index is 0.198. The van der Waals surface area contributed by atoms with E-state index in [1.165, 1.54) is 0 Å². The fourth-order valence-electron chi connectivity index (χ4n) is 2.99. The molecule has 0 aliphatic carbocycles. The van der Waals surface area contributed by atoms with E-state index < -0.39 is 29.8 Å². The van der Waals surface area contributed by atoms with Gasteiger partial charge in [0.2, 0.25) is 0 Å². The van der Waals surface area contributed by atoms with Crippen LogP contribution >= 0.6 is 0 Å². The number of nitrogens with one attached hydrogen (secondary N) is 2. The Hall–Kier alpha value is -3.48. The van der Waals surface area contributed by atoms with Crippen molar-refractivity contribution in [2.24, 2.45) is 0 Å². The van der Waals surface area contributed by atoms with Gasteiger partial charge in [-0.05, 0) is 24.1 Å².